The zero-order valence-electron chi connectivity index (χ0n) is 16.1. The van der Waals surface area contributed by atoms with Crippen LogP contribution in [0.25, 0.3) is 0 Å². The van der Waals surface area contributed by atoms with Crippen LogP contribution in [0.1, 0.15) is 36.0 Å². The van der Waals surface area contributed by atoms with Crippen molar-refractivity contribution in [1.29, 1.82) is 0 Å². The van der Waals surface area contributed by atoms with Crippen molar-refractivity contribution in [3.05, 3.63) is 65.2 Å². The zero-order valence-corrected chi connectivity index (χ0v) is 17.0. The number of hydrogen-bond acceptors (Lipinski definition) is 3. The van der Waals surface area contributed by atoms with Crippen molar-refractivity contribution < 1.29 is 8.42 Å². The third-order valence-electron chi connectivity index (χ3n) is 6.23. The van der Waals surface area contributed by atoms with E-state index < -0.39 is 10.0 Å². The first-order chi connectivity index (χ1) is 12.9. The normalized spacial score (nSPS) is 23.5. The van der Waals surface area contributed by atoms with Crippen molar-refractivity contribution in [2.45, 2.75) is 56.1 Å². The molecule has 2 aliphatic rings. The van der Waals surface area contributed by atoms with Gasteiger partial charge in [0.05, 0.1) is 4.90 Å². The van der Waals surface area contributed by atoms with Crippen molar-refractivity contribution in [3.8, 4) is 0 Å². The summed E-state index contributed by atoms with van der Waals surface area (Å²) in [6.07, 6.45) is 4.02. The third kappa shape index (κ3) is 3.68. The number of benzene rings is 2. The van der Waals surface area contributed by atoms with Crippen molar-refractivity contribution in [2.24, 2.45) is 0 Å². The summed E-state index contributed by atoms with van der Waals surface area (Å²) in [5.74, 6) is 0. The van der Waals surface area contributed by atoms with Crippen LogP contribution < -0.4 is 0 Å². The Labute approximate surface area is 162 Å². The van der Waals surface area contributed by atoms with Gasteiger partial charge in [0.1, 0.15) is 0 Å². The Kier molecular flexibility index (Phi) is 5.10. The molecule has 144 valence electrons. The first-order valence-electron chi connectivity index (χ1n) is 9.80. The van der Waals surface area contributed by atoms with Crippen molar-refractivity contribution in [2.75, 3.05) is 13.6 Å². The van der Waals surface area contributed by atoms with Gasteiger partial charge in [-0.2, -0.15) is 4.31 Å². The largest absolute Gasteiger partial charge is 0.296 e. The molecule has 1 fully saturated rings. The van der Waals surface area contributed by atoms with Gasteiger partial charge in [0, 0.05) is 32.2 Å². The molecule has 1 heterocycles. The number of rotatable bonds is 4. The molecule has 4 rings (SSSR count). The van der Waals surface area contributed by atoms with Gasteiger partial charge in [-0.1, -0.05) is 36.4 Å². The smallest absolute Gasteiger partial charge is 0.243 e. The summed E-state index contributed by atoms with van der Waals surface area (Å²) >= 11 is 0. The van der Waals surface area contributed by atoms with E-state index in [-0.39, 0.29) is 6.04 Å². The van der Waals surface area contributed by atoms with E-state index >= 15 is 0 Å². The Morgan fingerprint density at radius 2 is 1.81 bits per heavy atom. The Hall–Kier alpha value is -1.69. The van der Waals surface area contributed by atoms with Gasteiger partial charge in [0.15, 0.2) is 0 Å². The molecule has 2 aromatic rings. The monoisotopic (exact) mass is 384 g/mol. The summed E-state index contributed by atoms with van der Waals surface area (Å²) in [7, 11) is -1.69. The average Bonchev–Trinajstić information content (AvgIpc) is 3.17. The standard InChI is InChI=1S/C22H28N2O2S/c1-17-6-5-9-22(14-17)27(25,26)23(2)20-10-11-21(15-20)24-13-12-18-7-3-4-8-19(18)16-24/h3-9,14,20-21H,10-13,15-16H2,1-2H3/t20-,21-/m0/s1. The summed E-state index contributed by atoms with van der Waals surface area (Å²) in [5, 5.41) is 0. The zero-order chi connectivity index (χ0) is 19.0. The highest BCUT2D eigenvalue weighted by Crippen LogP contribution is 2.33. The van der Waals surface area contributed by atoms with E-state index in [0.717, 1.165) is 44.3 Å². The lowest BCUT2D eigenvalue weighted by atomic mass is 9.98. The van der Waals surface area contributed by atoms with E-state index in [4.69, 9.17) is 0 Å². The van der Waals surface area contributed by atoms with Gasteiger partial charge in [0.25, 0.3) is 0 Å². The van der Waals surface area contributed by atoms with Crippen molar-refractivity contribution in [3.63, 3.8) is 0 Å². The molecule has 0 N–H and O–H groups in total. The highest BCUT2D eigenvalue weighted by molar-refractivity contribution is 7.89. The molecule has 0 spiro atoms. The maximum Gasteiger partial charge on any atom is 0.243 e. The number of hydrogen-bond donors (Lipinski definition) is 0. The minimum atomic E-state index is -3.43. The minimum Gasteiger partial charge on any atom is -0.296 e. The van der Waals surface area contributed by atoms with E-state index in [1.807, 2.05) is 19.1 Å². The fourth-order valence-corrected chi connectivity index (χ4v) is 6.07. The Balaban J connectivity index is 1.45. The maximum absolute atomic E-state index is 13.0. The lowest BCUT2D eigenvalue weighted by Crippen LogP contribution is -2.40. The summed E-state index contributed by atoms with van der Waals surface area (Å²) < 4.78 is 27.7. The molecule has 2 aromatic carbocycles. The van der Waals surface area contributed by atoms with Crippen LogP contribution in [0.5, 0.6) is 0 Å². The Morgan fingerprint density at radius 3 is 2.59 bits per heavy atom. The van der Waals surface area contributed by atoms with Crippen LogP contribution >= 0.6 is 0 Å². The molecule has 4 nitrogen and oxygen atoms in total. The maximum atomic E-state index is 13.0. The number of fused-ring (bicyclic) bond motifs is 1. The molecule has 0 amide bonds. The van der Waals surface area contributed by atoms with Gasteiger partial charge in [-0.3, -0.25) is 4.90 Å². The summed E-state index contributed by atoms with van der Waals surface area (Å²) in [6.45, 7) is 3.99. The molecule has 0 unspecified atom stereocenters. The molecule has 1 saturated carbocycles. The molecular formula is C22H28N2O2S. The molecule has 27 heavy (non-hydrogen) atoms. The van der Waals surface area contributed by atoms with Gasteiger partial charge in [0.2, 0.25) is 10.0 Å². The lowest BCUT2D eigenvalue weighted by Gasteiger charge is -2.34. The van der Waals surface area contributed by atoms with Gasteiger partial charge >= 0.3 is 0 Å². The highest BCUT2D eigenvalue weighted by Gasteiger charge is 2.37. The van der Waals surface area contributed by atoms with Crippen LogP contribution in [-0.4, -0.2) is 43.3 Å². The van der Waals surface area contributed by atoms with Crippen LogP contribution in [0.4, 0.5) is 0 Å². The van der Waals surface area contributed by atoms with E-state index in [2.05, 4.69) is 29.2 Å². The van der Waals surface area contributed by atoms with Crippen LogP contribution in [0.2, 0.25) is 0 Å². The van der Waals surface area contributed by atoms with E-state index in [1.165, 1.54) is 11.1 Å². The molecular weight excluding hydrogens is 356 g/mol. The van der Waals surface area contributed by atoms with Crippen molar-refractivity contribution >= 4 is 10.0 Å². The van der Waals surface area contributed by atoms with Crippen LogP contribution in [0.3, 0.4) is 0 Å². The SMILES string of the molecule is Cc1cccc(S(=O)(=O)N(C)[C@H]2CC[C@H](N3CCc4ccccc4C3)C2)c1. The summed E-state index contributed by atoms with van der Waals surface area (Å²) in [4.78, 5) is 2.95. The van der Waals surface area contributed by atoms with Gasteiger partial charge in [-0.05, 0) is 61.4 Å². The molecule has 1 aliphatic heterocycles. The molecule has 1 aliphatic carbocycles. The number of aryl methyl sites for hydroxylation is 1. The highest BCUT2D eigenvalue weighted by atomic mass is 32.2. The van der Waals surface area contributed by atoms with Gasteiger partial charge in [-0.25, -0.2) is 8.42 Å². The molecule has 2 atom stereocenters. The molecule has 0 radical (unpaired) electrons. The van der Waals surface area contributed by atoms with Crippen molar-refractivity contribution in [1.82, 2.24) is 9.21 Å². The van der Waals surface area contributed by atoms with Crippen LogP contribution in [-0.2, 0) is 23.0 Å². The summed E-state index contributed by atoms with van der Waals surface area (Å²) in [5.41, 5.74) is 3.86. The minimum absolute atomic E-state index is 0.0812. The first-order valence-corrected chi connectivity index (χ1v) is 11.2. The van der Waals surface area contributed by atoms with E-state index in [9.17, 15) is 8.42 Å². The molecule has 0 saturated heterocycles. The molecule has 5 heteroatoms. The second-order valence-corrected chi connectivity index (χ2v) is 9.95. The number of nitrogens with zero attached hydrogens (tertiary/aromatic N) is 2. The second-order valence-electron chi connectivity index (χ2n) is 7.95. The first kappa shape index (κ1) is 18.7. The van der Waals surface area contributed by atoms with Crippen LogP contribution in [0, 0.1) is 6.92 Å². The fraction of sp³-hybridized carbons (Fsp3) is 0.455. The topological polar surface area (TPSA) is 40.6 Å². The fourth-order valence-electron chi connectivity index (χ4n) is 4.56. The molecule has 0 aromatic heterocycles. The predicted molar refractivity (Wildman–Crippen MR) is 108 cm³/mol. The Bertz CT molecular complexity index is 925. The van der Waals surface area contributed by atoms with Gasteiger partial charge < -0.3 is 0 Å². The van der Waals surface area contributed by atoms with Gasteiger partial charge in [-0.15, -0.1) is 0 Å². The second kappa shape index (κ2) is 7.38. The van der Waals surface area contributed by atoms with E-state index in [1.54, 1.807) is 23.5 Å². The quantitative estimate of drug-likeness (QED) is 0.809. The Morgan fingerprint density at radius 1 is 1.04 bits per heavy atom. The van der Waals surface area contributed by atoms with E-state index in [0.29, 0.717) is 10.9 Å². The third-order valence-corrected chi connectivity index (χ3v) is 8.14. The lowest BCUT2D eigenvalue weighted by molar-refractivity contribution is 0.175. The predicted octanol–water partition coefficient (Wildman–Crippen LogP) is 3.59. The average molecular weight is 385 g/mol. The van der Waals surface area contributed by atoms with Crippen LogP contribution in [0.15, 0.2) is 53.4 Å². The molecule has 0 bridgehead atoms. The number of sulfonamides is 1. The summed E-state index contributed by atoms with van der Waals surface area (Å²) in [6, 6.07) is 16.4.